The normalized spacial score (nSPS) is 22.6. The monoisotopic (exact) mass is 248 g/mol. The molecular weight excluding hydrogens is 228 g/mol. The predicted molar refractivity (Wildman–Crippen MR) is 66.8 cm³/mol. The molecule has 1 aromatic heterocycles. The fraction of sp³-hybridized carbons (Fsp3) is 0.769. The van der Waals surface area contributed by atoms with Crippen LogP contribution in [0, 0.1) is 5.92 Å². The largest absolute Gasteiger partial charge is 0.342 e. The zero-order valence-corrected chi connectivity index (χ0v) is 10.7. The van der Waals surface area contributed by atoms with E-state index in [0.29, 0.717) is 17.9 Å². The maximum atomic E-state index is 12.3. The van der Waals surface area contributed by atoms with E-state index < -0.39 is 0 Å². The summed E-state index contributed by atoms with van der Waals surface area (Å²) in [6.45, 7) is 1.73. The van der Waals surface area contributed by atoms with E-state index in [0.717, 1.165) is 38.8 Å². The maximum absolute atomic E-state index is 12.3. The molecule has 3 rings (SSSR count). The van der Waals surface area contributed by atoms with Crippen molar-refractivity contribution in [2.45, 2.75) is 44.6 Å². The number of hydrogen-bond donors (Lipinski definition) is 0. The van der Waals surface area contributed by atoms with E-state index in [1.54, 1.807) is 17.2 Å². The topological polar surface area (TPSA) is 51.0 Å². The Kier molecular flexibility index (Phi) is 3.30. The summed E-state index contributed by atoms with van der Waals surface area (Å²) >= 11 is 0. The minimum atomic E-state index is 0.310. The van der Waals surface area contributed by atoms with Gasteiger partial charge in [-0.15, -0.1) is 0 Å². The first kappa shape index (κ1) is 11.7. The van der Waals surface area contributed by atoms with Crippen molar-refractivity contribution in [2.24, 2.45) is 5.92 Å². The van der Waals surface area contributed by atoms with Crippen LogP contribution in [0.2, 0.25) is 0 Å². The van der Waals surface area contributed by atoms with Crippen molar-refractivity contribution in [1.82, 2.24) is 19.9 Å². The summed E-state index contributed by atoms with van der Waals surface area (Å²) in [4.78, 5) is 16.1. The van der Waals surface area contributed by atoms with E-state index >= 15 is 0 Å². The maximum Gasteiger partial charge on any atom is 0.225 e. The van der Waals surface area contributed by atoms with Gasteiger partial charge in [0, 0.05) is 19.0 Å². The third kappa shape index (κ3) is 2.26. The van der Waals surface area contributed by atoms with Crippen LogP contribution in [0.15, 0.2) is 12.4 Å². The fourth-order valence-corrected chi connectivity index (χ4v) is 3.16. The molecule has 0 aromatic carbocycles. The Morgan fingerprint density at radius 2 is 1.61 bits per heavy atom. The first-order chi connectivity index (χ1) is 8.84. The Bertz CT molecular complexity index is 389. The molecule has 1 saturated carbocycles. The Balaban J connectivity index is 1.55. The average molecular weight is 248 g/mol. The molecule has 1 aliphatic carbocycles. The van der Waals surface area contributed by atoms with Crippen LogP contribution in [0.5, 0.6) is 0 Å². The molecule has 2 aliphatic rings. The lowest BCUT2D eigenvalue weighted by Crippen LogP contribution is -2.42. The molecular formula is C13H20N4O. The minimum absolute atomic E-state index is 0.310. The van der Waals surface area contributed by atoms with Crippen LogP contribution in [0.1, 0.15) is 44.6 Å². The Morgan fingerprint density at radius 1 is 1.00 bits per heavy atom. The van der Waals surface area contributed by atoms with Gasteiger partial charge in [-0.2, -0.15) is 15.0 Å². The number of likely N-dealkylation sites (tertiary alicyclic amines) is 1. The van der Waals surface area contributed by atoms with E-state index in [-0.39, 0.29) is 0 Å². The van der Waals surface area contributed by atoms with Crippen molar-refractivity contribution in [3.63, 3.8) is 0 Å². The van der Waals surface area contributed by atoms with Gasteiger partial charge in [-0.1, -0.05) is 12.8 Å². The quantitative estimate of drug-likeness (QED) is 0.799. The average Bonchev–Trinajstić information content (AvgIpc) is 3.11. The highest BCUT2D eigenvalue weighted by Gasteiger charge is 2.30. The van der Waals surface area contributed by atoms with Crippen LogP contribution in [-0.2, 0) is 4.79 Å². The lowest BCUT2D eigenvalue weighted by atomic mass is 10.0. The van der Waals surface area contributed by atoms with Crippen LogP contribution in [0.3, 0.4) is 0 Å². The van der Waals surface area contributed by atoms with Gasteiger partial charge in [-0.25, -0.2) is 0 Å². The van der Waals surface area contributed by atoms with Crippen molar-refractivity contribution in [2.75, 3.05) is 13.1 Å². The van der Waals surface area contributed by atoms with Crippen molar-refractivity contribution in [3.05, 3.63) is 12.4 Å². The standard InChI is InChI=1S/C13H20N4O/c18-13(11-3-1-2-4-11)16-9-5-12(6-10-16)17-14-7-8-15-17/h7-8,11-12H,1-6,9-10H2. The molecule has 0 unspecified atom stereocenters. The molecule has 1 saturated heterocycles. The van der Waals surface area contributed by atoms with Gasteiger partial charge in [-0.3, -0.25) is 4.79 Å². The summed E-state index contributed by atoms with van der Waals surface area (Å²) in [6.07, 6.45) is 10.0. The number of carbonyl (C=O) groups is 1. The second-order valence-electron chi connectivity index (χ2n) is 5.39. The summed E-state index contributed by atoms with van der Waals surface area (Å²) in [6, 6.07) is 0.368. The minimum Gasteiger partial charge on any atom is -0.342 e. The lowest BCUT2D eigenvalue weighted by molar-refractivity contribution is -0.136. The highest BCUT2D eigenvalue weighted by atomic mass is 16.2. The molecule has 98 valence electrons. The molecule has 0 atom stereocenters. The zero-order valence-electron chi connectivity index (χ0n) is 10.7. The third-order valence-electron chi connectivity index (χ3n) is 4.24. The number of carbonyl (C=O) groups excluding carboxylic acids is 1. The van der Waals surface area contributed by atoms with Crippen LogP contribution in [-0.4, -0.2) is 38.9 Å². The summed E-state index contributed by atoms with van der Waals surface area (Å²) in [5.41, 5.74) is 0. The molecule has 0 spiro atoms. The van der Waals surface area contributed by atoms with E-state index in [1.165, 1.54) is 12.8 Å². The number of piperidine rings is 1. The molecule has 18 heavy (non-hydrogen) atoms. The Labute approximate surface area is 107 Å². The molecule has 5 nitrogen and oxygen atoms in total. The molecule has 0 N–H and O–H groups in total. The van der Waals surface area contributed by atoms with Gasteiger partial charge in [0.05, 0.1) is 18.4 Å². The van der Waals surface area contributed by atoms with Crippen molar-refractivity contribution >= 4 is 5.91 Å². The van der Waals surface area contributed by atoms with Gasteiger partial charge >= 0.3 is 0 Å². The number of aromatic nitrogens is 3. The summed E-state index contributed by atoms with van der Waals surface area (Å²) in [7, 11) is 0. The van der Waals surface area contributed by atoms with E-state index in [9.17, 15) is 4.79 Å². The molecule has 5 heteroatoms. The predicted octanol–water partition coefficient (Wildman–Crippen LogP) is 1.63. The lowest BCUT2D eigenvalue weighted by Gasteiger charge is -2.33. The van der Waals surface area contributed by atoms with E-state index in [4.69, 9.17) is 0 Å². The molecule has 2 heterocycles. The van der Waals surface area contributed by atoms with Crippen LogP contribution in [0.4, 0.5) is 0 Å². The molecule has 0 radical (unpaired) electrons. The Morgan fingerprint density at radius 3 is 2.22 bits per heavy atom. The first-order valence-corrected chi connectivity index (χ1v) is 6.99. The van der Waals surface area contributed by atoms with E-state index in [1.807, 2.05) is 0 Å². The molecule has 1 amide bonds. The number of amides is 1. The van der Waals surface area contributed by atoms with Gasteiger partial charge in [-0.05, 0) is 25.7 Å². The zero-order chi connectivity index (χ0) is 12.4. The SMILES string of the molecule is O=C(C1CCCC1)N1CCC(n2nccn2)CC1. The summed E-state index contributed by atoms with van der Waals surface area (Å²) in [5, 5.41) is 8.38. The highest BCUT2D eigenvalue weighted by Crippen LogP contribution is 2.29. The van der Waals surface area contributed by atoms with Crippen LogP contribution < -0.4 is 0 Å². The summed E-state index contributed by atoms with van der Waals surface area (Å²) in [5.74, 6) is 0.698. The van der Waals surface area contributed by atoms with Gasteiger partial charge in [0.1, 0.15) is 0 Å². The van der Waals surface area contributed by atoms with E-state index in [2.05, 4.69) is 15.1 Å². The van der Waals surface area contributed by atoms with Crippen molar-refractivity contribution in [3.8, 4) is 0 Å². The molecule has 1 aliphatic heterocycles. The van der Waals surface area contributed by atoms with Gasteiger partial charge in [0.15, 0.2) is 0 Å². The summed E-state index contributed by atoms with van der Waals surface area (Å²) < 4.78 is 0. The van der Waals surface area contributed by atoms with Crippen LogP contribution in [0.25, 0.3) is 0 Å². The third-order valence-corrected chi connectivity index (χ3v) is 4.24. The molecule has 1 aromatic rings. The Hall–Kier alpha value is -1.39. The second kappa shape index (κ2) is 5.08. The number of nitrogens with zero attached hydrogens (tertiary/aromatic N) is 4. The molecule has 0 bridgehead atoms. The van der Waals surface area contributed by atoms with Crippen LogP contribution >= 0.6 is 0 Å². The smallest absolute Gasteiger partial charge is 0.225 e. The number of rotatable bonds is 2. The highest BCUT2D eigenvalue weighted by molar-refractivity contribution is 5.79. The molecule has 2 fully saturated rings. The first-order valence-electron chi connectivity index (χ1n) is 6.99. The number of hydrogen-bond acceptors (Lipinski definition) is 3. The van der Waals surface area contributed by atoms with Gasteiger partial charge in [0.25, 0.3) is 0 Å². The van der Waals surface area contributed by atoms with Crippen molar-refractivity contribution in [1.29, 1.82) is 0 Å². The van der Waals surface area contributed by atoms with Crippen molar-refractivity contribution < 1.29 is 4.79 Å². The van der Waals surface area contributed by atoms with Gasteiger partial charge < -0.3 is 4.90 Å². The fourth-order valence-electron chi connectivity index (χ4n) is 3.16. The van der Waals surface area contributed by atoms with Gasteiger partial charge in [0.2, 0.25) is 5.91 Å². The second-order valence-corrected chi connectivity index (χ2v) is 5.39.